The van der Waals surface area contributed by atoms with Gasteiger partial charge in [0.05, 0.1) is 0 Å². The Morgan fingerprint density at radius 3 is 1.83 bits per heavy atom. The SMILES string of the molecule is CCN(CC)C(=O)c1ccc(N(c2ccc(C(N)=O)cc2)C2CCN(Cc3ccccc3)CC2)cc1. The maximum atomic E-state index is 12.8. The van der Waals surface area contributed by atoms with E-state index in [2.05, 4.69) is 40.1 Å². The summed E-state index contributed by atoms with van der Waals surface area (Å²) >= 11 is 0. The molecule has 1 saturated heterocycles. The molecule has 0 spiro atoms. The fourth-order valence-corrected chi connectivity index (χ4v) is 4.99. The summed E-state index contributed by atoms with van der Waals surface area (Å²) in [4.78, 5) is 31.1. The van der Waals surface area contributed by atoms with E-state index in [4.69, 9.17) is 5.73 Å². The smallest absolute Gasteiger partial charge is 0.253 e. The minimum Gasteiger partial charge on any atom is -0.366 e. The third kappa shape index (κ3) is 5.94. The van der Waals surface area contributed by atoms with Gasteiger partial charge in [0.1, 0.15) is 0 Å². The largest absolute Gasteiger partial charge is 0.366 e. The van der Waals surface area contributed by atoms with E-state index in [0.717, 1.165) is 43.9 Å². The van der Waals surface area contributed by atoms with Crippen LogP contribution in [0.1, 0.15) is 53.0 Å². The average Bonchev–Trinajstić information content (AvgIpc) is 2.92. The van der Waals surface area contributed by atoms with Crippen LogP contribution >= 0.6 is 0 Å². The van der Waals surface area contributed by atoms with E-state index in [1.165, 1.54) is 5.56 Å². The first-order valence-electron chi connectivity index (χ1n) is 12.8. The number of hydrogen-bond donors (Lipinski definition) is 1. The Morgan fingerprint density at radius 1 is 0.806 bits per heavy atom. The summed E-state index contributed by atoms with van der Waals surface area (Å²) in [7, 11) is 0. The second-order valence-electron chi connectivity index (χ2n) is 9.30. The lowest BCUT2D eigenvalue weighted by molar-refractivity contribution is 0.0772. The van der Waals surface area contributed by atoms with Gasteiger partial charge in [-0.15, -0.1) is 0 Å². The Kier molecular flexibility index (Phi) is 8.39. The van der Waals surface area contributed by atoms with Crippen molar-refractivity contribution in [1.82, 2.24) is 9.80 Å². The molecular weight excluding hydrogens is 448 g/mol. The van der Waals surface area contributed by atoms with Crippen molar-refractivity contribution < 1.29 is 9.59 Å². The number of carbonyl (C=O) groups excluding carboxylic acids is 2. The first-order chi connectivity index (χ1) is 17.5. The number of nitrogens with two attached hydrogens (primary N) is 1. The van der Waals surface area contributed by atoms with Crippen molar-refractivity contribution in [3.05, 3.63) is 95.6 Å². The molecule has 1 heterocycles. The van der Waals surface area contributed by atoms with Crippen molar-refractivity contribution in [1.29, 1.82) is 0 Å². The number of piperidine rings is 1. The molecule has 0 aliphatic carbocycles. The van der Waals surface area contributed by atoms with Crippen molar-refractivity contribution in [3.63, 3.8) is 0 Å². The number of benzene rings is 3. The van der Waals surface area contributed by atoms with Crippen molar-refractivity contribution in [2.24, 2.45) is 5.73 Å². The van der Waals surface area contributed by atoms with Gasteiger partial charge in [-0.05, 0) is 80.8 Å². The van der Waals surface area contributed by atoms with Gasteiger partial charge < -0.3 is 15.5 Å². The summed E-state index contributed by atoms with van der Waals surface area (Å²) in [6.45, 7) is 8.35. The van der Waals surface area contributed by atoms with Crippen molar-refractivity contribution in [3.8, 4) is 0 Å². The van der Waals surface area contributed by atoms with Gasteiger partial charge in [-0.1, -0.05) is 30.3 Å². The topological polar surface area (TPSA) is 69.9 Å². The summed E-state index contributed by atoms with van der Waals surface area (Å²) in [5.74, 6) is -0.375. The fourth-order valence-electron chi connectivity index (χ4n) is 4.99. The molecule has 0 aromatic heterocycles. The lowest BCUT2D eigenvalue weighted by atomic mass is 9.99. The second kappa shape index (κ2) is 11.9. The highest BCUT2D eigenvalue weighted by Gasteiger charge is 2.26. The molecule has 1 aliphatic heterocycles. The van der Waals surface area contributed by atoms with Crippen LogP contribution in [0, 0.1) is 0 Å². The molecule has 0 atom stereocenters. The minimum absolute atomic E-state index is 0.0538. The summed E-state index contributed by atoms with van der Waals surface area (Å²) in [5.41, 5.74) is 10.1. The Labute approximate surface area is 214 Å². The van der Waals surface area contributed by atoms with Gasteiger partial charge in [0, 0.05) is 61.3 Å². The van der Waals surface area contributed by atoms with E-state index in [0.29, 0.717) is 30.3 Å². The lowest BCUT2D eigenvalue weighted by Crippen LogP contribution is -2.43. The van der Waals surface area contributed by atoms with Gasteiger partial charge in [0.15, 0.2) is 0 Å². The van der Waals surface area contributed by atoms with E-state index in [1.54, 1.807) is 12.1 Å². The molecule has 2 N–H and O–H groups in total. The van der Waals surface area contributed by atoms with Gasteiger partial charge in [0.25, 0.3) is 5.91 Å². The number of amides is 2. The summed E-state index contributed by atoms with van der Waals surface area (Å²) in [5, 5.41) is 0. The molecule has 3 aromatic rings. The van der Waals surface area contributed by atoms with Crippen LogP contribution in [0.25, 0.3) is 0 Å². The third-order valence-corrected chi connectivity index (χ3v) is 7.04. The fraction of sp³-hybridized carbons (Fsp3) is 0.333. The molecule has 0 radical (unpaired) electrons. The normalized spacial score (nSPS) is 14.4. The maximum absolute atomic E-state index is 12.8. The highest BCUT2D eigenvalue weighted by molar-refractivity contribution is 5.95. The van der Waals surface area contributed by atoms with Crippen LogP contribution in [-0.4, -0.2) is 53.8 Å². The minimum atomic E-state index is -0.429. The number of anilines is 2. The first kappa shape index (κ1) is 25.5. The molecule has 0 bridgehead atoms. The number of primary amides is 1. The molecule has 1 fully saturated rings. The Hall–Kier alpha value is -3.64. The van der Waals surface area contributed by atoms with Crippen molar-refractivity contribution >= 4 is 23.2 Å². The van der Waals surface area contributed by atoms with E-state index in [1.807, 2.05) is 55.1 Å². The van der Waals surface area contributed by atoms with Crippen LogP contribution in [0.5, 0.6) is 0 Å². The average molecular weight is 485 g/mol. The molecule has 6 heteroatoms. The maximum Gasteiger partial charge on any atom is 0.253 e. The lowest BCUT2D eigenvalue weighted by Gasteiger charge is -2.40. The summed E-state index contributed by atoms with van der Waals surface area (Å²) in [6.07, 6.45) is 2.04. The van der Waals surface area contributed by atoms with Gasteiger partial charge >= 0.3 is 0 Å². The van der Waals surface area contributed by atoms with Gasteiger partial charge in [-0.3, -0.25) is 14.5 Å². The highest BCUT2D eigenvalue weighted by atomic mass is 16.2. The van der Waals surface area contributed by atoms with Crippen LogP contribution in [0.4, 0.5) is 11.4 Å². The van der Waals surface area contributed by atoms with Crippen LogP contribution in [0.2, 0.25) is 0 Å². The summed E-state index contributed by atoms with van der Waals surface area (Å²) in [6, 6.07) is 26.3. The van der Waals surface area contributed by atoms with Crippen LogP contribution in [0.3, 0.4) is 0 Å². The van der Waals surface area contributed by atoms with E-state index in [9.17, 15) is 9.59 Å². The first-order valence-corrected chi connectivity index (χ1v) is 12.8. The molecule has 1 aliphatic rings. The van der Waals surface area contributed by atoms with Gasteiger partial charge in [-0.25, -0.2) is 0 Å². The number of rotatable bonds is 9. The zero-order valence-electron chi connectivity index (χ0n) is 21.3. The molecule has 188 valence electrons. The number of hydrogen-bond acceptors (Lipinski definition) is 4. The molecule has 36 heavy (non-hydrogen) atoms. The Bertz CT molecular complexity index is 1130. The Morgan fingerprint density at radius 2 is 1.33 bits per heavy atom. The van der Waals surface area contributed by atoms with Crippen LogP contribution in [0.15, 0.2) is 78.9 Å². The predicted molar refractivity (Wildman–Crippen MR) is 146 cm³/mol. The molecule has 2 amide bonds. The third-order valence-electron chi connectivity index (χ3n) is 7.04. The summed E-state index contributed by atoms with van der Waals surface area (Å²) < 4.78 is 0. The van der Waals surface area contributed by atoms with E-state index >= 15 is 0 Å². The van der Waals surface area contributed by atoms with Crippen molar-refractivity contribution in [2.45, 2.75) is 39.3 Å². The van der Waals surface area contributed by atoms with E-state index < -0.39 is 5.91 Å². The quantitative estimate of drug-likeness (QED) is 0.460. The van der Waals surface area contributed by atoms with Gasteiger partial charge in [0.2, 0.25) is 5.91 Å². The van der Waals surface area contributed by atoms with Crippen LogP contribution < -0.4 is 10.6 Å². The molecule has 0 unspecified atom stereocenters. The van der Waals surface area contributed by atoms with Crippen molar-refractivity contribution in [2.75, 3.05) is 31.1 Å². The monoisotopic (exact) mass is 484 g/mol. The molecule has 4 rings (SSSR count). The van der Waals surface area contributed by atoms with E-state index in [-0.39, 0.29) is 5.91 Å². The second-order valence-corrected chi connectivity index (χ2v) is 9.30. The Balaban J connectivity index is 1.55. The predicted octanol–water partition coefficient (Wildman–Crippen LogP) is 5.07. The number of likely N-dealkylation sites (tertiary alicyclic amines) is 1. The zero-order valence-corrected chi connectivity index (χ0v) is 21.3. The molecular formula is C30H36N4O2. The van der Waals surface area contributed by atoms with Gasteiger partial charge in [-0.2, -0.15) is 0 Å². The molecule has 6 nitrogen and oxygen atoms in total. The standard InChI is InChI=1S/C30H36N4O2/c1-3-33(4-2)30(36)25-12-16-27(17-13-25)34(26-14-10-24(11-15-26)29(31)35)28-18-20-32(21-19-28)22-23-8-6-5-7-9-23/h5-17,28H,3-4,18-22H2,1-2H3,(H2,31,35). The highest BCUT2D eigenvalue weighted by Crippen LogP contribution is 2.33. The number of nitrogens with zero attached hydrogens (tertiary/aromatic N) is 3. The molecule has 0 saturated carbocycles. The zero-order chi connectivity index (χ0) is 25.5. The molecule has 3 aromatic carbocycles. The number of carbonyl (C=O) groups is 2. The van der Waals surface area contributed by atoms with Crippen LogP contribution in [-0.2, 0) is 6.54 Å².